The van der Waals surface area contributed by atoms with Gasteiger partial charge in [-0.2, -0.15) is 5.10 Å². The molecule has 1 aromatic heterocycles. The van der Waals surface area contributed by atoms with Crippen LogP contribution in [0.4, 0.5) is 5.82 Å². The molecule has 0 unspecified atom stereocenters. The number of carbonyl (C=O) groups excluding carboxylic acids is 1. The fourth-order valence-electron chi connectivity index (χ4n) is 2.68. The number of carboxylic acids is 1. The summed E-state index contributed by atoms with van der Waals surface area (Å²) in [6.07, 6.45) is 4.54. The largest absolute Gasteiger partial charge is 0.478 e. The smallest absolute Gasteiger partial charge is 0.335 e. The zero-order valence-electron chi connectivity index (χ0n) is 19.7. The lowest BCUT2D eigenvalue weighted by Gasteiger charge is -2.08. The molecular formula is C24H33N5O6. The van der Waals surface area contributed by atoms with Crippen LogP contribution in [0.5, 0.6) is 0 Å². The predicted octanol–water partition coefficient (Wildman–Crippen LogP) is 1.74. The third-order valence-electron chi connectivity index (χ3n) is 4.56. The number of carboxylic acid groups (broad SMARTS) is 1. The summed E-state index contributed by atoms with van der Waals surface area (Å²) in [6.45, 7) is 4.36. The number of hydrogen-bond donors (Lipinski definition) is 4. The van der Waals surface area contributed by atoms with Gasteiger partial charge in [-0.1, -0.05) is 12.1 Å². The summed E-state index contributed by atoms with van der Waals surface area (Å²) < 4.78 is 16.2. The zero-order valence-corrected chi connectivity index (χ0v) is 19.7. The molecule has 2 rings (SSSR count). The molecular weight excluding hydrogens is 454 g/mol. The van der Waals surface area contributed by atoms with Crippen LogP contribution >= 0.6 is 0 Å². The second kappa shape index (κ2) is 17.1. The molecule has 1 heterocycles. The van der Waals surface area contributed by atoms with Gasteiger partial charge in [-0.15, -0.1) is 0 Å². The van der Waals surface area contributed by atoms with Gasteiger partial charge in [0.2, 0.25) is 0 Å². The first-order valence-corrected chi connectivity index (χ1v) is 11.4. The minimum Gasteiger partial charge on any atom is -0.478 e. The van der Waals surface area contributed by atoms with Gasteiger partial charge in [0.1, 0.15) is 5.82 Å². The molecule has 0 fully saturated rings. The molecule has 35 heavy (non-hydrogen) atoms. The van der Waals surface area contributed by atoms with Crippen LogP contribution < -0.4 is 16.5 Å². The van der Waals surface area contributed by atoms with Gasteiger partial charge >= 0.3 is 5.97 Å². The quantitative estimate of drug-likeness (QED) is 0.140. The summed E-state index contributed by atoms with van der Waals surface area (Å²) in [5.41, 5.74) is 9.52. The highest BCUT2D eigenvalue weighted by Crippen LogP contribution is 2.06. The molecule has 0 bridgehead atoms. The van der Waals surface area contributed by atoms with Crippen molar-refractivity contribution in [1.29, 1.82) is 0 Å². The molecule has 0 aliphatic heterocycles. The van der Waals surface area contributed by atoms with Crippen LogP contribution in [0, 0.1) is 0 Å². The first kappa shape index (κ1) is 27.9. The minimum atomic E-state index is -0.981. The molecule has 11 nitrogen and oxygen atoms in total. The Morgan fingerprint density at radius 3 is 2.14 bits per heavy atom. The molecule has 2 aromatic rings. The number of nitrogens with two attached hydrogens (primary N) is 1. The van der Waals surface area contributed by atoms with E-state index in [1.165, 1.54) is 18.3 Å². The average Bonchev–Trinajstić information content (AvgIpc) is 2.87. The van der Waals surface area contributed by atoms with Crippen LogP contribution in [0.2, 0.25) is 0 Å². The van der Waals surface area contributed by atoms with Gasteiger partial charge < -0.3 is 30.4 Å². The van der Waals surface area contributed by atoms with Gasteiger partial charge in [0, 0.05) is 26.0 Å². The number of anilines is 1. The van der Waals surface area contributed by atoms with E-state index >= 15 is 0 Å². The zero-order chi connectivity index (χ0) is 25.1. The molecule has 0 spiro atoms. The maximum atomic E-state index is 12.2. The Hall–Kier alpha value is -3.38. The maximum absolute atomic E-state index is 12.2. The van der Waals surface area contributed by atoms with E-state index in [0.29, 0.717) is 70.5 Å². The lowest BCUT2D eigenvalue weighted by atomic mass is 10.1. The fraction of sp³-hybridized carbons (Fsp3) is 0.417. The van der Waals surface area contributed by atoms with Gasteiger partial charge in [-0.05, 0) is 49.2 Å². The molecule has 0 aliphatic rings. The Kier molecular flexibility index (Phi) is 13.6. The summed E-state index contributed by atoms with van der Waals surface area (Å²) in [7, 11) is 0. The standard InChI is InChI=1S/C24H33N5O6/c25-9-1-11-33-13-15-35-16-14-34-12-2-10-26-23(30)21-7-8-22(27-18-21)29-28-17-19-3-5-20(6-4-19)24(31)32/h3-8,17-18H,1-2,9-16,25H2,(H,26,30)(H,27,29)(H,31,32)/b28-17+. The van der Waals surface area contributed by atoms with Gasteiger partial charge in [-0.3, -0.25) is 10.2 Å². The number of amides is 1. The predicted molar refractivity (Wildman–Crippen MR) is 132 cm³/mol. The number of benzene rings is 1. The highest BCUT2D eigenvalue weighted by molar-refractivity contribution is 5.94. The van der Waals surface area contributed by atoms with Crippen LogP contribution in [-0.4, -0.2) is 80.9 Å². The van der Waals surface area contributed by atoms with Crippen molar-refractivity contribution in [3.05, 3.63) is 59.3 Å². The lowest BCUT2D eigenvalue weighted by molar-refractivity contribution is 0.0141. The van der Waals surface area contributed by atoms with E-state index < -0.39 is 5.97 Å². The summed E-state index contributed by atoms with van der Waals surface area (Å²) >= 11 is 0. The van der Waals surface area contributed by atoms with Crippen molar-refractivity contribution in [2.45, 2.75) is 12.8 Å². The van der Waals surface area contributed by atoms with E-state index in [-0.39, 0.29) is 11.5 Å². The van der Waals surface area contributed by atoms with Crippen LogP contribution in [0.15, 0.2) is 47.7 Å². The molecule has 0 atom stereocenters. The van der Waals surface area contributed by atoms with Crippen molar-refractivity contribution >= 4 is 23.9 Å². The normalized spacial score (nSPS) is 11.0. The summed E-state index contributed by atoms with van der Waals surface area (Å²) in [4.78, 5) is 27.2. The molecule has 5 N–H and O–H groups in total. The monoisotopic (exact) mass is 487 g/mol. The minimum absolute atomic E-state index is 0.208. The topological polar surface area (TPSA) is 157 Å². The Labute approximate surface area is 204 Å². The number of nitrogens with one attached hydrogen (secondary N) is 2. The third kappa shape index (κ3) is 12.1. The second-order valence-corrected chi connectivity index (χ2v) is 7.32. The van der Waals surface area contributed by atoms with E-state index in [2.05, 4.69) is 20.8 Å². The average molecular weight is 488 g/mol. The lowest BCUT2D eigenvalue weighted by Crippen LogP contribution is -2.25. The van der Waals surface area contributed by atoms with Crippen molar-refractivity contribution in [2.75, 3.05) is 58.2 Å². The van der Waals surface area contributed by atoms with Crippen molar-refractivity contribution in [2.24, 2.45) is 10.8 Å². The number of carbonyl (C=O) groups is 2. The van der Waals surface area contributed by atoms with Crippen molar-refractivity contribution in [3.8, 4) is 0 Å². The number of aromatic nitrogens is 1. The highest BCUT2D eigenvalue weighted by atomic mass is 16.5. The Morgan fingerprint density at radius 2 is 1.54 bits per heavy atom. The number of aromatic carboxylic acids is 1. The molecule has 1 aromatic carbocycles. The molecule has 0 radical (unpaired) electrons. The molecule has 0 saturated heterocycles. The van der Waals surface area contributed by atoms with Gasteiger partial charge in [0.05, 0.1) is 43.8 Å². The maximum Gasteiger partial charge on any atom is 0.335 e. The summed E-state index contributed by atoms with van der Waals surface area (Å²) in [5, 5.41) is 15.8. The summed E-state index contributed by atoms with van der Waals surface area (Å²) in [5.74, 6) is -0.729. The van der Waals surface area contributed by atoms with Crippen LogP contribution in [0.25, 0.3) is 0 Å². The van der Waals surface area contributed by atoms with Gasteiger partial charge in [0.25, 0.3) is 5.91 Å². The Balaban J connectivity index is 1.54. The SMILES string of the molecule is NCCCOCCOCCOCCCNC(=O)c1ccc(N/N=C/c2ccc(C(=O)O)cc2)nc1. The van der Waals surface area contributed by atoms with E-state index in [0.717, 1.165) is 12.0 Å². The molecule has 11 heteroatoms. The number of ether oxygens (including phenoxy) is 3. The fourth-order valence-corrected chi connectivity index (χ4v) is 2.68. The number of nitrogens with zero attached hydrogens (tertiary/aromatic N) is 2. The molecule has 190 valence electrons. The van der Waals surface area contributed by atoms with Crippen molar-refractivity contribution < 1.29 is 28.9 Å². The number of hydrogen-bond acceptors (Lipinski definition) is 9. The van der Waals surface area contributed by atoms with E-state index in [1.54, 1.807) is 30.5 Å². The number of hydrazone groups is 1. The van der Waals surface area contributed by atoms with E-state index in [1.807, 2.05) is 0 Å². The van der Waals surface area contributed by atoms with E-state index in [4.69, 9.17) is 25.1 Å². The van der Waals surface area contributed by atoms with Gasteiger partial charge in [-0.25, -0.2) is 9.78 Å². The molecule has 0 aliphatic carbocycles. The Morgan fingerprint density at radius 1 is 0.914 bits per heavy atom. The van der Waals surface area contributed by atoms with Crippen LogP contribution in [0.3, 0.4) is 0 Å². The molecule has 1 amide bonds. The first-order valence-electron chi connectivity index (χ1n) is 11.4. The Bertz CT molecular complexity index is 906. The summed E-state index contributed by atoms with van der Waals surface area (Å²) in [6, 6.07) is 9.59. The third-order valence-corrected chi connectivity index (χ3v) is 4.56. The second-order valence-electron chi connectivity index (χ2n) is 7.32. The number of pyridine rings is 1. The van der Waals surface area contributed by atoms with Gasteiger partial charge in [0.15, 0.2) is 0 Å². The van der Waals surface area contributed by atoms with Crippen molar-refractivity contribution in [3.63, 3.8) is 0 Å². The number of rotatable bonds is 18. The molecule has 0 saturated carbocycles. The highest BCUT2D eigenvalue weighted by Gasteiger charge is 2.05. The van der Waals surface area contributed by atoms with Crippen LogP contribution in [0.1, 0.15) is 39.1 Å². The van der Waals surface area contributed by atoms with E-state index in [9.17, 15) is 9.59 Å². The van der Waals surface area contributed by atoms with Crippen LogP contribution in [-0.2, 0) is 14.2 Å². The first-order chi connectivity index (χ1) is 17.1. The van der Waals surface area contributed by atoms with Crippen molar-refractivity contribution in [1.82, 2.24) is 10.3 Å².